The summed E-state index contributed by atoms with van der Waals surface area (Å²) in [6.07, 6.45) is 5.22. The van der Waals surface area contributed by atoms with Crippen LogP contribution in [0.2, 0.25) is 0 Å². The Morgan fingerprint density at radius 1 is 1.00 bits per heavy atom. The number of nitrogens with zero attached hydrogens (tertiary/aromatic N) is 7. The summed E-state index contributed by atoms with van der Waals surface area (Å²) >= 11 is 0. The van der Waals surface area contributed by atoms with E-state index in [0.29, 0.717) is 53.4 Å². The molecule has 3 aromatic rings. The molecule has 6 rings (SSSR count). The zero-order chi connectivity index (χ0) is 35.2. The number of methoxy groups -OCH3 is 1. The Kier molecular flexibility index (Phi) is 11.4. The highest BCUT2D eigenvalue weighted by Crippen LogP contribution is 2.41. The summed E-state index contributed by atoms with van der Waals surface area (Å²) in [4.78, 5) is 36.9. The molecule has 0 bridgehead atoms. The molecule has 12 nitrogen and oxygen atoms in total. The van der Waals surface area contributed by atoms with Crippen molar-refractivity contribution in [1.82, 2.24) is 24.7 Å². The number of piperazine rings is 1. The van der Waals surface area contributed by atoms with Gasteiger partial charge in [-0.1, -0.05) is 6.58 Å². The number of anilines is 5. The third-order valence-electron chi connectivity index (χ3n) is 9.67. The lowest BCUT2D eigenvalue weighted by atomic mass is 10.0. The Morgan fingerprint density at radius 3 is 2.42 bits per heavy atom. The number of hydrogen-bond acceptors (Lipinski definition) is 11. The highest BCUT2D eigenvalue weighted by molar-refractivity contribution is 6.02. The number of benzene rings is 2. The standard InChI is InChI=1S/C36H47F2N9O3/c1-5-36(48)42-29-21-30(41-34-23-35(40-24-39-34)47-31(8-17-50-47)25-18-26(37)20-27(38)19-25)33(49-4)22-32(29)46-9-6-28(7-10-46)45-15-13-44(14-16-45)12-11-43(2)3/h5,18-24,28,31H,1,6-17H2,2-4H3,(H,42,48)(H,39,40,41). The molecule has 2 aromatic carbocycles. The summed E-state index contributed by atoms with van der Waals surface area (Å²) in [7, 11) is 5.84. The molecule has 0 spiro atoms. The summed E-state index contributed by atoms with van der Waals surface area (Å²) in [5.74, 6) is -0.202. The van der Waals surface area contributed by atoms with Gasteiger partial charge in [0.1, 0.15) is 29.5 Å². The van der Waals surface area contributed by atoms with Crippen molar-refractivity contribution in [1.29, 1.82) is 0 Å². The summed E-state index contributed by atoms with van der Waals surface area (Å²) < 4.78 is 33.9. The smallest absolute Gasteiger partial charge is 0.247 e. The van der Waals surface area contributed by atoms with E-state index in [-0.39, 0.29) is 5.91 Å². The van der Waals surface area contributed by atoms with Crippen molar-refractivity contribution >= 4 is 34.6 Å². The maximum atomic E-state index is 14.0. The first-order chi connectivity index (χ1) is 24.2. The minimum Gasteiger partial charge on any atom is -0.494 e. The van der Waals surface area contributed by atoms with Crippen LogP contribution in [0.15, 0.2) is 55.4 Å². The van der Waals surface area contributed by atoms with Gasteiger partial charge in [-0.05, 0) is 56.8 Å². The molecule has 0 radical (unpaired) electrons. The van der Waals surface area contributed by atoms with Gasteiger partial charge in [0.2, 0.25) is 5.91 Å². The molecule has 0 aliphatic carbocycles. The SMILES string of the molecule is C=CC(=O)Nc1cc(Nc2cc(N3OCCC3c3cc(F)cc(F)c3)ncn2)c(OC)cc1N1CCC(N2CCN(CCN(C)C)CC2)CC1. The van der Waals surface area contributed by atoms with Gasteiger partial charge in [-0.2, -0.15) is 0 Å². The van der Waals surface area contributed by atoms with Gasteiger partial charge in [0.15, 0.2) is 5.82 Å². The fraction of sp³-hybridized carbons (Fsp3) is 0.472. The minimum absolute atomic E-state index is 0.320. The molecule has 1 aromatic heterocycles. The number of hydroxylamine groups is 1. The number of carbonyl (C=O) groups is 1. The molecule has 3 fully saturated rings. The highest BCUT2D eigenvalue weighted by Gasteiger charge is 2.31. The number of ether oxygens (including phenoxy) is 1. The zero-order valence-corrected chi connectivity index (χ0v) is 29.1. The van der Waals surface area contributed by atoms with Crippen molar-refractivity contribution in [3.63, 3.8) is 0 Å². The molecular formula is C36H47F2N9O3. The number of likely N-dealkylation sites (N-methyl/N-ethyl adjacent to an activating group) is 1. The predicted molar refractivity (Wildman–Crippen MR) is 191 cm³/mol. The zero-order valence-electron chi connectivity index (χ0n) is 29.1. The Morgan fingerprint density at radius 2 is 1.74 bits per heavy atom. The summed E-state index contributed by atoms with van der Waals surface area (Å²) in [5, 5.41) is 7.84. The second-order valence-electron chi connectivity index (χ2n) is 13.2. The Bertz CT molecular complexity index is 1620. The lowest BCUT2D eigenvalue weighted by Crippen LogP contribution is -2.54. The van der Waals surface area contributed by atoms with Crippen LogP contribution in [0.1, 0.15) is 30.9 Å². The van der Waals surface area contributed by atoms with E-state index in [0.717, 1.165) is 77.0 Å². The molecule has 1 atom stereocenters. The van der Waals surface area contributed by atoms with Crippen molar-refractivity contribution in [2.24, 2.45) is 0 Å². The van der Waals surface area contributed by atoms with E-state index in [4.69, 9.17) is 9.57 Å². The van der Waals surface area contributed by atoms with E-state index < -0.39 is 17.7 Å². The van der Waals surface area contributed by atoms with Crippen LogP contribution in [0.4, 0.5) is 37.5 Å². The maximum absolute atomic E-state index is 14.0. The average molecular weight is 692 g/mol. The van der Waals surface area contributed by atoms with Crippen LogP contribution in [-0.4, -0.2) is 117 Å². The number of halogens is 2. The normalized spacial score (nSPS) is 19.2. The largest absolute Gasteiger partial charge is 0.494 e. The fourth-order valence-corrected chi connectivity index (χ4v) is 6.99. The topological polar surface area (TPSA) is 102 Å². The number of piperidine rings is 1. The molecule has 14 heteroatoms. The molecule has 2 N–H and O–H groups in total. The van der Waals surface area contributed by atoms with Gasteiger partial charge in [-0.15, -0.1) is 0 Å². The van der Waals surface area contributed by atoms with E-state index in [2.05, 4.69) is 60.9 Å². The number of rotatable bonds is 12. The summed E-state index contributed by atoms with van der Waals surface area (Å²) in [6, 6.07) is 9.01. The maximum Gasteiger partial charge on any atom is 0.247 e. The average Bonchev–Trinajstić information content (AvgIpc) is 3.61. The predicted octanol–water partition coefficient (Wildman–Crippen LogP) is 4.66. The van der Waals surface area contributed by atoms with E-state index in [1.807, 2.05) is 12.1 Å². The van der Waals surface area contributed by atoms with Crippen molar-refractivity contribution in [3.05, 3.63) is 72.6 Å². The Labute approximate surface area is 292 Å². The second kappa shape index (κ2) is 16.1. The van der Waals surface area contributed by atoms with E-state index in [9.17, 15) is 13.6 Å². The molecule has 50 heavy (non-hydrogen) atoms. The van der Waals surface area contributed by atoms with Crippen molar-refractivity contribution in [2.45, 2.75) is 31.3 Å². The van der Waals surface area contributed by atoms with Crippen molar-refractivity contribution in [3.8, 4) is 5.75 Å². The van der Waals surface area contributed by atoms with Gasteiger partial charge in [0.25, 0.3) is 0 Å². The molecule has 3 saturated heterocycles. The monoisotopic (exact) mass is 691 g/mol. The highest BCUT2D eigenvalue weighted by atomic mass is 19.1. The lowest BCUT2D eigenvalue weighted by Gasteiger charge is -2.43. The van der Waals surface area contributed by atoms with Crippen LogP contribution in [0.25, 0.3) is 0 Å². The number of nitrogens with one attached hydrogen (secondary N) is 2. The first-order valence-electron chi connectivity index (χ1n) is 17.2. The third kappa shape index (κ3) is 8.49. The minimum atomic E-state index is -0.652. The van der Waals surface area contributed by atoms with E-state index >= 15 is 0 Å². The number of carbonyl (C=O) groups excluding carboxylic acids is 1. The Balaban J connectivity index is 1.17. The molecule has 3 aliphatic rings. The van der Waals surface area contributed by atoms with Gasteiger partial charge in [0.05, 0.1) is 36.8 Å². The summed E-state index contributed by atoms with van der Waals surface area (Å²) in [6.45, 7) is 12.3. The lowest BCUT2D eigenvalue weighted by molar-refractivity contribution is -0.111. The van der Waals surface area contributed by atoms with E-state index in [1.165, 1.54) is 24.5 Å². The van der Waals surface area contributed by atoms with E-state index in [1.54, 1.807) is 18.2 Å². The second-order valence-corrected chi connectivity index (χ2v) is 13.2. The van der Waals surface area contributed by atoms with Crippen LogP contribution in [0.3, 0.4) is 0 Å². The molecule has 1 unspecified atom stereocenters. The van der Waals surface area contributed by atoms with Crippen LogP contribution in [0, 0.1) is 11.6 Å². The molecule has 1 amide bonds. The fourth-order valence-electron chi connectivity index (χ4n) is 6.99. The van der Waals surface area contributed by atoms with Crippen LogP contribution < -0.4 is 25.3 Å². The van der Waals surface area contributed by atoms with Gasteiger partial charge in [-0.3, -0.25) is 19.4 Å². The third-order valence-corrected chi connectivity index (χ3v) is 9.67. The molecule has 4 heterocycles. The quantitative estimate of drug-likeness (QED) is 0.260. The van der Waals surface area contributed by atoms with Crippen LogP contribution in [-0.2, 0) is 9.63 Å². The van der Waals surface area contributed by atoms with Crippen molar-refractivity contribution < 1.29 is 23.1 Å². The summed E-state index contributed by atoms with van der Waals surface area (Å²) in [5.41, 5.74) is 2.52. The van der Waals surface area contributed by atoms with Crippen molar-refractivity contribution in [2.75, 3.05) is 101 Å². The van der Waals surface area contributed by atoms with Gasteiger partial charge in [-0.25, -0.2) is 23.8 Å². The molecule has 3 aliphatic heterocycles. The Hall–Kier alpha value is -4.37. The molecule has 0 saturated carbocycles. The number of hydrogen-bond donors (Lipinski definition) is 2. The van der Waals surface area contributed by atoms with Crippen LogP contribution >= 0.6 is 0 Å². The number of aromatic nitrogens is 2. The van der Waals surface area contributed by atoms with Gasteiger partial charge >= 0.3 is 0 Å². The van der Waals surface area contributed by atoms with Gasteiger partial charge in [0, 0.05) is 83.0 Å². The molecular weight excluding hydrogens is 644 g/mol. The van der Waals surface area contributed by atoms with Crippen LogP contribution in [0.5, 0.6) is 5.75 Å². The molecule has 268 valence electrons. The van der Waals surface area contributed by atoms with Gasteiger partial charge < -0.3 is 25.2 Å². The first-order valence-corrected chi connectivity index (χ1v) is 17.2. The number of amides is 1. The first kappa shape index (κ1) is 35.5.